The van der Waals surface area contributed by atoms with E-state index in [-0.39, 0.29) is 6.42 Å². The van der Waals surface area contributed by atoms with Gasteiger partial charge in [-0.15, -0.1) is 11.3 Å². The molecule has 0 aliphatic carbocycles. The van der Waals surface area contributed by atoms with Gasteiger partial charge in [-0.05, 0) is 12.1 Å². The summed E-state index contributed by atoms with van der Waals surface area (Å²) in [6.45, 7) is 0. The van der Waals surface area contributed by atoms with Crippen molar-refractivity contribution in [1.29, 1.82) is 0 Å². The fourth-order valence-electron chi connectivity index (χ4n) is 1.13. The Bertz CT molecular complexity index is 433. The molecule has 0 saturated heterocycles. The van der Waals surface area contributed by atoms with Crippen LogP contribution in [0.5, 0.6) is 0 Å². The number of nitrogens with one attached hydrogen (secondary N) is 1. The molecule has 4 nitrogen and oxygen atoms in total. The molecule has 2 aromatic rings. The molecule has 0 aromatic carbocycles. The number of aromatic nitrogens is 2. The Kier molecular flexibility index (Phi) is 2.32. The van der Waals surface area contributed by atoms with Gasteiger partial charge in [-0.25, -0.2) is 4.98 Å². The van der Waals surface area contributed by atoms with Gasteiger partial charge in [-0.2, -0.15) is 0 Å². The SMILES string of the molecule is O=C(O)Cc1csc(-c2ccc[nH]2)n1. The molecule has 2 N–H and O–H groups in total. The Hall–Kier alpha value is -1.62. The molecule has 0 unspecified atom stereocenters. The maximum Gasteiger partial charge on any atom is 0.309 e. The molecule has 0 amide bonds. The quantitative estimate of drug-likeness (QED) is 0.807. The molecule has 72 valence electrons. The summed E-state index contributed by atoms with van der Waals surface area (Å²) < 4.78 is 0. The van der Waals surface area contributed by atoms with E-state index >= 15 is 0 Å². The van der Waals surface area contributed by atoms with Crippen molar-refractivity contribution in [2.24, 2.45) is 0 Å². The number of nitrogens with zero attached hydrogens (tertiary/aromatic N) is 1. The van der Waals surface area contributed by atoms with Gasteiger partial charge < -0.3 is 10.1 Å². The number of carboxylic acid groups (broad SMARTS) is 1. The molecule has 0 aliphatic rings. The Morgan fingerprint density at radius 3 is 3.14 bits per heavy atom. The first-order valence-electron chi connectivity index (χ1n) is 4.05. The van der Waals surface area contributed by atoms with Crippen molar-refractivity contribution in [1.82, 2.24) is 9.97 Å². The number of carboxylic acids is 1. The van der Waals surface area contributed by atoms with E-state index in [0.29, 0.717) is 5.69 Å². The highest BCUT2D eigenvalue weighted by Crippen LogP contribution is 2.21. The maximum atomic E-state index is 10.4. The maximum absolute atomic E-state index is 10.4. The number of hydrogen-bond acceptors (Lipinski definition) is 3. The lowest BCUT2D eigenvalue weighted by Crippen LogP contribution is -1.99. The van der Waals surface area contributed by atoms with Crippen LogP contribution >= 0.6 is 11.3 Å². The van der Waals surface area contributed by atoms with Gasteiger partial charge in [-0.1, -0.05) is 0 Å². The number of aromatic amines is 1. The van der Waals surface area contributed by atoms with Crippen LogP contribution in [0.1, 0.15) is 5.69 Å². The summed E-state index contributed by atoms with van der Waals surface area (Å²) in [5.74, 6) is -0.853. The Balaban J connectivity index is 2.22. The molecule has 0 spiro atoms. The smallest absolute Gasteiger partial charge is 0.309 e. The zero-order valence-electron chi connectivity index (χ0n) is 7.23. The molecule has 2 heterocycles. The van der Waals surface area contributed by atoms with E-state index in [4.69, 9.17) is 5.11 Å². The lowest BCUT2D eigenvalue weighted by Gasteiger charge is -1.89. The normalized spacial score (nSPS) is 10.3. The summed E-state index contributed by atoms with van der Waals surface area (Å²) in [5.41, 5.74) is 1.53. The number of thiazole rings is 1. The fraction of sp³-hybridized carbons (Fsp3) is 0.111. The molecule has 5 heteroatoms. The molecule has 0 aliphatic heterocycles. The van der Waals surface area contributed by atoms with Crippen LogP contribution in [0.3, 0.4) is 0 Å². The fourth-order valence-corrected chi connectivity index (χ4v) is 1.94. The third kappa shape index (κ3) is 1.82. The molecule has 0 bridgehead atoms. The zero-order valence-corrected chi connectivity index (χ0v) is 8.04. The van der Waals surface area contributed by atoms with Crippen LogP contribution in [0, 0.1) is 0 Å². The van der Waals surface area contributed by atoms with Crippen LogP contribution in [0.15, 0.2) is 23.7 Å². The second-order valence-electron chi connectivity index (χ2n) is 2.80. The molecule has 2 rings (SSSR count). The second-order valence-corrected chi connectivity index (χ2v) is 3.66. The summed E-state index contributed by atoms with van der Waals surface area (Å²) in [7, 11) is 0. The van der Waals surface area contributed by atoms with Gasteiger partial charge in [0, 0.05) is 11.6 Å². The standard InChI is InChI=1S/C9H8N2O2S/c12-8(13)4-6-5-14-9(11-6)7-2-1-3-10-7/h1-3,5,10H,4H2,(H,12,13). The first kappa shape index (κ1) is 8.96. The van der Waals surface area contributed by atoms with Crippen molar-refractivity contribution in [2.45, 2.75) is 6.42 Å². The molecule has 14 heavy (non-hydrogen) atoms. The minimum atomic E-state index is -0.853. The van der Waals surface area contributed by atoms with E-state index in [1.165, 1.54) is 11.3 Å². The van der Waals surface area contributed by atoms with Gasteiger partial charge in [0.1, 0.15) is 5.01 Å². The van der Waals surface area contributed by atoms with Gasteiger partial charge in [0.15, 0.2) is 0 Å². The second kappa shape index (κ2) is 3.63. The molecule has 0 fully saturated rings. The predicted octanol–water partition coefficient (Wildman–Crippen LogP) is 1.77. The summed E-state index contributed by atoms with van der Waals surface area (Å²) >= 11 is 1.44. The lowest BCUT2D eigenvalue weighted by molar-refractivity contribution is -0.136. The summed E-state index contributed by atoms with van der Waals surface area (Å²) in [4.78, 5) is 17.6. The van der Waals surface area contributed by atoms with Gasteiger partial charge in [0.05, 0.1) is 17.8 Å². The highest BCUT2D eigenvalue weighted by atomic mass is 32.1. The van der Waals surface area contributed by atoms with Crippen LogP contribution in [-0.2, 0) is 11.2 Å². The highest BCUT2D eigenvalue weighted by Gasteiger charge is 2.07. The first-order chi connectivity index (χ1) is 6.75. The molecule has 2 aromatic heterocycles. The zero-order chi connectivity index (χ0) is 9.97. The Morgan fingerprint density at radius 2 is 2.50 bits per heavy atom. The van der Waals surface area contributed by atoms with E-state index in [1.807, 2.05) is 18.3 Å². The molecular weight excluding hydrogens is 200 g/mol. The van der Waals surface area contributed by atoms with Crippen molar-refractivity contribution < 1.29 is 9.90 Å². The Morgan fingerprint density at radius 1 is 1.64 bits per heavy atom. The van der Waals surface area contributed by atoms with Crippen molar-refractivity contribution in [2.75, 3.05) is 0 Å². The Labute approximate surface area is 84.2 Å². The number of aliphatic carboxylic acids is 1. The minimum absolute atomic E-state index is 0.0167. The van der Waals surface area contributed by atoms with Crippen molar-refractivity contribution in [3.8, 4) is 10.7 Å². The van der Waals surface area contributed by atoms with Crippen molar-refractivity contribution >= 4 is 17.3 Å². The van der Waals surface area contributed by atoms with E-state index in [0.717, 1.165) is 10.7 Å². The van der Waals surface area contributed by atoms with E-state index in [9.17, 15) is 4.79 Å². The number of rotatable bonds is 3. The molecule has 0 atom stereocenters. The van der Waals surface area contributed by atoms with E-state index in [2.05, 4.69) is 9.97 Å². The topological polar surface area (TPSA) is 66.0 Å². The van der Waals surface area contributed by atoms with Crippen LogP contribution < -0.4 is 0 Å². The molecular formula is C9H8N2O2S. The molecule has 0 saturated carbocycles. The first-order valence-corrected chi connectivity index (χ1v) is 4.93. The predicted molar refractivity (Wildman–Crippen MR) is 53.2 cm³/mol. The summed E-state index contributed by atoms with van der Waals surface area (Å²) in [6, 6.07) is 3.79. The highest BCUT2D eigenvalue weighted by molar-refractivity contribution is 7.13. The summed E-state index contributed by atoms with van der Waals surface area (Å²) in [6.07, 6.45) is 1.80. The minimum Gasteiger partial charge on any atom is -0.481 e. The monoisotopic (exact) mass is 208 g/mol. The van der Waals surface area contributed by atoms with Crippen LogP contribution in [-0.4, -0.2) is 21.0 Å². The number of hydrogen-bond donors (Lipinski definition) is 2. The average molecular weight is 208 g/mol. The largest absolute Gasteiger partial charge is 0.481 e. The van der Waals surface area contributed by atoms with Crippen molar-refractivity contribution in [3.63, 3.8) is 0 Å². The summed E-state index contributed by atoms with van der Waals surface area (Å²) in [5, 5.41) is 11.2. The van der Waals surface area contributed by atoms with Crippen LogP contribution in [0.4, 0.5) is 0 Å². The average Bonchev–Trinajstić information content (AvgIpc) is 2.69. The van der Waals surface area contributed by atoms with Gasteiger partial charge in [0.25, 0.3) is 0 Å². The van der Waals surface area contributed by atoms with E-state index in [1.54, 1.807) is 5.38 Å². The van der Waals surface area contributed by atoms with Gasteiger partial charge in [-0.3, -0.25) is 4.79 Å². The van der Waals surface area contributed by atoms with Gasteiger partial charge in [0.2, 0.25) is 0 Å². The van der Waals surface area contributed by atoms with Crippen LogP contribution in [0.2, 0.25) is 0 Å². The third-order valence-electron chi connectivity index (χ3n) is 1.71. The van der Waals surface area contributed by atoms with Gasteiger partial charge >= 0.3 is 5.97 Å². The van der Waals surface area contributed by atoms with Crippen molar-refractivity contribution in [3.05, 3.63) is 29.4 Å². The molecule has 0 radical (unpaired) electrons. The van der Waals surface area contributed by atoms with Crippen LogP contribution in [0.25, 0.3) is 10.7 Å². The lowest BCUT2D eigenvalue weighted by atomic mass is 10.3. The number of carbonyl (C=O) groups is 1. The third-order valence-corrected chi connectivity index (χ3v) is 2.64. The number of H-pyrrole nitrogens is 1. The van der Waals surface area contributed by atoms with E-state index < -0.39 is 5.97 Å².